The van der Waals surface area contributed by atoms with Gasteiger partial charge in [0.25, 0.3) is 5.89 Å². The Morgan fingerprint density at radius 1 is 1.00 bits per heavy atom. The Kier molecular flexibility index (Phi) is 4.68. The third-order valence-corrected chi connectivity index (χ3v) is 4.51. The summed E-state index contributed by atoms with van der Waals surface area (Å²) < 4.78 is 45.4. The fourth-order valence-corrected chi connectivity index (χ4v) is 3.16. The molecule has 3 aromatic rings. The van der Waals surface area contributed by atoms with Gasteiger partial charge in [-0.2, -0.15) is 0 Å². The highest BCUT2D eigenvalue weighted by atomic mass is 32.2. The zero-order chi connectivity index (χ0) is 17.0. The summed E-state index contributed by atoms with van der Waals surface area (Å²) in [4.78, 5) is 0. The summed E-state index contributed by atoms with van der Waals surface area (Å²) >= 11 is 0. The van der Waals surface area contributed by atoms with Gasteiger partial charge in [0.05, 0.1) is 17.9 Å². The van der Waals surface area contributed by atoms with Crippen LogP contribution in [0.15, 0.2) is 59.0 Å². The average molecular weight is 347 g/mol. The number of aromatic nitrogens is 2. The zero-order valence-electron chi connectivity index (χ0n) is 12.5. The number of hydrogen-bond acceptors (Lipinski definition) is 5. The molecule has 0 fully saturated rings. The molecule has 1 N–H and O–H groups in total. The predicted octanol–water partition coefficient (Wildman–Crippen LogP) is 2.50. The molecule has 0 amide bonds. The molecule has 0 bridgehead atoms. The van der Waals surface area contributed by atoms with E-state index in [0.29, 0.717) is 5.56 Å². The molecule has 0 aliphatic carbocycles. The van der Waals surface area contributed by atoms with Gasteiger partial charge in [0.1, 0.15) is 5.82 Å². The monoisotopic (exact) mass is 347 g/mol. The molecule has 0 aliphatic heterocycles. The van der Waals surface area contributed by atoms with Crippen molar-refractivity contribution in [3.63, 3.8) is 0 Å². The Morgan fingerprint density at radius 2 is 1.71 bits per heavy atom. The molecule has 8 heteroatoms. The van der Waals surface area contributed by atoms with Crippen LogP contribution in [-0.4, -0.2) is 18.6 Å². The Hall–Kier alpha value is -2.58. The molecule has 1 heterocycles. The van der Waals surface area contributed by atoms with E-state index in [4.69, 9.17) is 4.42 Å². The van der Waals surface area contributed by atoms with Crippen molar-refractivity contribution in [2.45, 2.75) is 12.3 Å². The van der Waals surface area contributed by atoms with Gasteiger partial charge in [-0.1, -0.05) is 42.5 Å². The van der Waals surface area contributed by atoms with Crippen molar-refractivity contribution in [1.82, 2.24) is 14.9 Å². The molecule has 6 nitrogen and oxygen atoms in total. The number of sulfonamides is 1. The molecular weight excluding hydrogens is 333 g/mol. The molecule has 0 aliphatic rings. The van der Waals surface area contributed by atoms with E-state index in [1.807, 2.05) is 6.07 Å². The van der Waals surface area contributed by atoms with Crippen LogP contribution < -0.4 is 4.72 Å². The number of benzene rings is 2. The van der Waals surface area contributed by atoms with Gasteiger partial charge in [-0.05, 0) is 17.7 Å². The lowest BCUT2D eigenvalue weighted by molar-refractivity contribution is 0.490. The molecular formula is C16H14FN3O3S. The van der Waals surface area contributed by atoms with E-state index >= 15 is 0 Å². The van der Waals surface area contributed by atoms with E-state index in [-0.39, 0.29) is 29.6 Å². The van der Waals surface area contributed by atoms with Crippen LogP contribution in [0.2, 0.25) is 0 Å². The second-order valence-corrected chi connectivity index (χ2v) is 6.85. The van der Waals surface area contributed by atoms with Crippen molar-refractivity contribution in [3.05, 3.63) is 71.9 Å². The Morgan fingerprint density at radius 3 is 2.46 bits per heavy atom. The van der Waals surface area contributed by atoms with Crippen molar-refractivity contribution in [1.29, 1.82) is 0 Å². The maximum Gasteiger partial charge on any atom is 0.250 e. The largest absolute Gasteiger partial charge is 0.419 e. The second-order valence-electron chi connectivity index (χ2n) is 5.05. The number of halogens is 1. The SMILES string of the molecule is O=S(=O)(Cc1ccccc1)NCc1nnc(-c2ccccc2F)o1. The number of hydrogen-bond donors (Lipinski definition) is 1. The van der Waals surface area contributed by atoms with Crippen molar-refractivity contribution >= 4 is 10.0 Å². The minimum atomic E-state index is -3.55. The van der Waals surface area contributed by atoms with Crippen LogP contribution in [0.4, 0.5) is 4.39 Å². The predicted molar refractivity (Wildman–Crippen MR) is 85.6 cm³/mol. The van der Waals surface area contributed by atoms with Crippen molar-refractivity contribution in [2.75, 3.05) is 0 Å². The molecule has 0 unspecified atom stereocenters. The smallest absolute Gasteiger partial charge is 0.250 e. The van der Waals surface area contributed by atoms with Crippen LogP contribution in [0, 0.1) is 5.82 Å². The van der Waals surface area contributed by atoms with E-state index in [0.717, 1.165) is 0 Å². The standard InChI is InChI=1S/C16H14FN3O3S/c17-14-9-5-4-8-13(14)16-20-19-15(23-16)10-18-24(21,22)11-12-6-2-1-3-7-12/h1-9,18H,10-11H2. The Balaban J connectivity index is 1.66. The maximum atomic E-state index is 13.7. The molecule has 2 aromatic carbocycles. The quantitative estimate of drug-likeness (QED) is 0.740. The minimum absolute atomic E-state index is 0.00496. The van der Waals surface area contributed by atoms with Crippen molar-refractivity contribution in [3.8, 4) is 11.5 Å². The number of nitrogens with zero attached hydrogens (tertiary/aromatic N) is 2. The molecule has 0 saturated heterocycles. The van der Waals surface area contributed by atoms with Crippen LogP contribution in [0.3, 0.4) is 0 Å². The highest BCUT2D eigenvalue weighted by molar-refractivity contribution is 7.88. The van der Waals surface area contributed by atoms with Gasteiger partial charge in [-0.3, -0.25) is 0 Å². The molecule has 24 heavy (non-hydrogen) atoms. The molecule has 0 spiro atoms. The highest BCUT2D eigenvalue weighted by Crippen LogP contribution is 2.20. The third kappa shape index (κ3) is 4.03. The molecule has 3 rings (SSSR count). The first-order valence-corrected chi connectivity index (χ1v) is 8.77. The van der Waals surface area contributed by atoms with Crippen LogP contribution in [0.25, 0.3) is 11.5 Å². The van der Waals surface area contributed by atoms with E-state index in [9.17, 15) is 12.8 Å². The molecule has 0 atom stereocenters. The van der Waals surface area contributed by atoms with Crippen LogP contribution in [-0.2, 0) is 22.3 Å². The lowest BCUT2D eigenvalue weighted by atomic mass is 10.2. The van der Waals surface area contributed by atoms with Gasteiger partial charge in [-0.25, -0.2) is 17.5 Å². The second kappa shape index (κ2) is 6.90. The van der Waals surface area contributed by atoms with Gasteiger partial charge in [0.15, 0.2) is 0 Å². The van der Waals surface area contributed by atoms with Crippen molar-refractivity contribution < 1.29 is 17.2 Å². The fourth-order valence-electron chi connectivity index (χ4n) is 2.08. The highest BCUT2D eigenvalue weighted by Gasteiger charge is 2.15. The normalized spacial score (nSPS) is 11.5. The van der Waals surface area contributed by atoms with Gasteiger partial charge in [0, 0.05) is 0 Å². The summed E-state index contributed by atoms with van der Waals surface area (Å²) in [6.45, 7) is -0.156. The summed E-state index contributed by atoms with van der Waals surface area (Å²) in [7, 11) is -3.55. The zero-order valence-corrected chi connectivity index (χ0v) is 13.3. The van der Waals surface area contributed by atoms with E-state index < -0.39 is 15.8 Å². The van der Waals surface area contributed by atoms with E-state index in [2.05, 4.69) is 14.9 Å². The summed E-state index contributed by atoms with van der Waals surface area (Å²) in [5.74, 6) is -0.574. The fraction of sp³-hybridized carbons (Fsp3) is 0.125. The minimum Gasteiger partial charge on any atom is -0.419 e. The van der Waals surface area contributed by atoms with E-state index in [1.165, 1.54) is 12.1 Å². The summed E-state index contributed by atoms with van der Waals surface area (Å²) in [6.07, 6.45) is 0. The number of rotatable bonds is 6. The van der Waals surface area contributed by atoms with Crippen molar-refractivity contribution in [2.24, 2.45) is 0 Å². The van der Waals surface area contributed by atoms with E-state index in [1.54, 1.807) is 36.4 Å². The van der Waals surface area contributed by atoms with Gasteiger partial charge < -0.3 is 4.42 Å². The van der Waals surface area contributed by atoms with Gasteiger partial charge in [0.2, 0.25) is 15.9 Å². The first-order valence-electron chi connectivity index (χ1n) is 7.12. The topological polar surface area (TPSA) is 85.1 Å². The first-order chi connectivity index (χ1) is 11.5. The van der Waals surface area contributed by atoms with Crippen LogP contribution in [0.1, 0.15) is 11.5 Å². The molecule has 124 valence electrons. The van der Waals surface area contributed by atoms with Crippen LogP contribution in [0.5, 0.6) is 0 Å². The molecule has 0 radical (unpaired) electrons. The van der Waals surface area contributed by atoms with Gasteiger partial charge >= 0.3 is 0 Å². The lowest BCUT2D eigenvalue weighted by Crippen LogP contribution is -2.24. The third-order valence-electron chi connectivity index (χ3n) is 3.21. The summed E-state index contributed by atoms with van der Waals surface area (Å²) in [5, 5.41) is 7.47. The van der Waals surface area contributed by atoms with Gasteiger partial charge in [-0.15, -0.1) is 10.2 Å². The van der Waals surface area contributed by atoms with Crippen LogP contribution >= 0.6 is 0 Å². The summed E-state index contributed by atoms with van der Waals surface area (Å²) in [5.41, 5.74) is 0.839. The lowest BCUT2D eigenvalue weighted by Gasteiger charge is -2.04. The Labute approximate surface area is 138 Å². The first kappa shape index (κ1) is 16.3. The summed E-state index contributed by atoms with van der Waals surface area (Å²) in [6, 6.07) is 14.8. The number of nitrogens with one attached hydrogen (secondary N) is 1. The maximum absolute atomic E-state index is 13.7. The average Bonchev–Trinajstić information content (AvgIpc) is 3.03. The molecule has 1 aromatic heterocycles. The Bertz CT molecular complexity index is 927. The molecule has 0 saturated carbocycles.